The Balaban J connectivity index is 1.34. The highest BCUT2D eigenvalue weighted by Gasteiger charge is 2.30. The first-order valence-corrected chi connectivity index (χ1v) is 13.6. The number of benzene rings is 1. The van der Waals surface area contributed by atoms with Crippen LogP contribution in [0.3, 0.4) is 0 Å². The Morgan fingerprint density at radius 2 is 1.81 bits per heavy atom. The minimum Gasteiger partial charge on any atom is -0.339 e. The Labute approximate surface area is 196 Å². The molecule has 0 N–H and O–H groups in total. The number of hydrogen-bond donors (Lipinski definition) is 0. The zero-order valence-electron chi connectivity index (χ0n) is 18.0. The molecule has 3 heterocycles. The van der Waals surface area contributed by atoms with Crippen LogP contribution in [0.15, 0.2) is 51.8 Å². The molecule has 1 saturated heterocycles. The predicted molar refractivity (Wildman–Crippen MR) is 126 cm³/mol. The second-order valence-corrected chi connectivity index (χ2v) is 11.2. The number of hydrogen-bond acceptors (Lipinski definition) is 7. The molecule has 1 fully saturated rings. The number of carbonyl (C=O) groups excluding carboxylic acids is 1. The van der Waals surface area contributed by atoms with Gasteiger partial charge in [-0.25, -0.2) is 8.42 Å². The average Bonchev–Trinajstić information content (AvgIpc) is 3.47. The van der Waals surface area contributed by atoms with Crippen LogP contribution in [0.2, 0.25) is 0 Å². The number of thioether (sulfide) groups is 1. The van der Waals surface area contributed by atoms with Gasteiger partial charge in [-0.15, -0.1) is 21.5 Å². The van der Waals surface area contributed by atoms with E-state index in [4.69, 9.17) is 0 Å². The van der Waals surface area contributed by atoms with Crippen molar-refractivity contribution in [1.82, 2.24) is 24.0 Å². The summed E-state index contributed by atoms with van der Waals surface area (Å²) in [4.78, 5) is 15.8. The molecule has 0 aliphatic carbocycles. The molecule has 1 aliphatic heterocycles. The van der Waals surface area contributed by atoms with Crippen molar-refractivity contribution in [1.29, 1.82) is 0 Å². The van der Waals surface area contributed by atoms with Crippen LogP contribution in [0.5, 0.6) is 0 Å². The number of aryl methyl sites for hydroxylation is 1. The summed E-state index contributed by atoms with van der Waals surface area (Å²) in [6.45, 7) is 6.01. The van der Waals surface area contributed by atoms with E-state index in [1.165, 1.54) is 16.1 Å². The van der Waals surface area contributed by atoms with Gasteiger partial charge in [0.15, 0.2) is 11.0 Å². The van der Waals surface area contributed by atoms with Gasteiger partial charge in [0.1, 0.15) is 0 Å². The molecule has 0 spiro atoms. The lowest BCUT2D eigenvalue weighted by Crippen LogP contribution is -2.50. The van der Waals surface area contributed by atoms with E-state index in [9.17, 15) is 13.2 Å². The third kappa shape index (κ3) is 4.75. The topological polar surface area (TPSA) is 88.4 Å². The molecule has 3 aromatic rings. The zero-order valence-corrected chi connectivity index (χ0v) is 20.4. The summed E-state index contributed by atoms with van der Waals surface area (Å²) in [5, 5.41) is 11.3. The van der Waals surface area contributed by atoms with E-state index in [1.807, 2.05) is 35.9 Å². The molecule has 1 aromatic carbocycles. The van der Waals surface area contributed by atoms with Crippen LogP contribution in [0.4, 0.5) is 0 Å². The highest BCUT2D eigenvalue weighted by atomic mass is 32.2. The first-order valence-electron chi connectivity index (χ1n) is 10.3. The number of piperazine rings is 1. The van der Waals surface area contributed by atoms with Crippen LogP contribution in [0, 0.1) is 6.92 Å². The van der Waals surface area contributed by atoms with Crippen LogP contribution in [-0.2, 0) is 21.4 Å². The number of nitrogens with zero attached hydrogens (tertiary/aromatic N) is 5. The third-order valence-corrected chi connectivity index (χ3v) is 9.08. The van der Waals surface area contributed by atoms with Gasteiger partial charge in [-0.3, -0.25) is 4.79 Å². The Kier molecular flexibility index (Phi) is 6.99. The summed E-state index contributed by atoms with van der Waals surface area (Å²) in [7, 11) is -3.54. The maximum Gasteiger partial charge on any atom is 0.243 e. The summed E-state index contributed by atoms with van der Waals surface area (Å²) in [5.74, 6) is 1.03. The molecular formula is C21H25N5O3S3. The first kappa shape index (κ1) is 23.0. The van der Waals surface area contributed by atoms with Gasteiger partial charge in [-0.1, -0.05) is 35.5 Å². The van der Waals surface area contributed by atoms with Crippen molar-refractivity contribution in [3.8, 4) is 10.7 Å². The van der Waals surface area contributed by atoms with Gasteiger partial charge in [-0.05, 0) is 37.4 Å². The van der Waals surface area contributed by atoms with Crippen LogP contribution in [-0.4, -0.2) is 70.2 Å². The Morgan fingerprint density at radius 3 is 2.44 bits per heavy atom. The Morgan fingerprint density at radius 1 is 1.09 bits per heavy atom. The zero-order chi connectivity index (χ0) is 22.7. The summed E-state index contributed by atoms with van der Waals surface area (Å²) in [5.41, 5.74) is 1.01. The van der Waals surface area contributed by atoms with E-state index in [2.05, 4.69) is 10.2 Å². The molecule has 2 aromatic heterocycles. The van der Waals surface area contributed by atoms with E-state index in [0.717, 1.165) is 16.3 Å². The lowest BCUT2D eigenvalue weighted by Gasteiger charge is -2.34. The first-order chi connectivity index (χ1) is 15.4. The molecule has 0 bridgehead atoms. The normalized spacial score (nSPS) is 15.2. The standard InChI is InChI=1S/C21H25N5O3S3/c1-3-26-20(18-5-4-14-30-18)22-23-21(26)31-15-19(27)24-10-12-25(13-11-24)32(28,29)17-8-6-16(2)7-9-17/h4-9,14H,3,10-13,15H2,1-2H3. The van der Waals surface area contributed by atoms with E-state index in [-0.39, 0.29) is 11.7 Å². The molecule has 0 radical (unpaired) electrons. The molecule has 1 aliphatic rings. The van der Waals surface area contributed by atoms with E-state index >= 15 is 0 Å². The molecule has 4 rings (SSSR count). The lowest BCUT2D eigenvalue weighted by atomic mass is 10.2. The van der Waals surface area contributed by atoms with Gasteiger partial charge in [0.25, 0.3) is 0 Å². The number of rotatable bonds is 7. The quantitative estimate of drug-likeness (QED) is 0.472. The summed E-state index contributed by atoms with van der Waals surface area (Å²) >= 11 is 2.97. The van der Waals surface area contributed by atoms with Gasteiger partial charge in [0.05, 0.1) is 15.5 Å². The van der Waals surface area contributed by atoms with Crippen molar-refractivity contribution < 1.29 is 13.2 Å². The third-order valence-electron chi connectivity index (χ3n) is 5.35. The number of carbonyl (C=O) groups is 1. The minimum absolute atomic E-state index is 0.0225. The Hall–Kier alpha value is -2.21. The fraction of sp³-hybridized carbons (Fsp3) is 0.381. The van der Waals surface area contributed by atoms with Crippen molar-refractivity contribution in [2.45, 2.75) is 30.4 Å². The molecule has 0 unspecified atom stereocenters. The van der Waals surface area contributed by atoms with Gasteiger partial charge >= 0.3 is 0 Å². The van der Waals surface area contributed by atoms with E-state index in [0.29, 0.717) is 42.8 Å². The fourth-order valence-corrected chi connectivity index (χ4v) is 6.57. The number of sulfonamides is 1. The van der Waals surface area contributed by atoms with Gasteiger partial charge in [0, 0.05) is 32.7 Å². The van der Waals surface area contributed by atoms with Crippen molar-refractivity contribution in [3.63, 3.8) is 0 Å². The van der Waals surface area contributed by atoms with E-state index < -0.39 is 10.0 Å². The van der Waals surface area contributed by atoms with E-state index in [1.54, 1.807) is 40.5 Å². The fourth-order valence-electron chi connectivity index (χ4n) is 3.52. The maximum absolute atomic E-state index is 12.9. The van der Waals surface area contributed by atoms with Crippen LogP contribution in [0.1, 0.15) is 12.5 Å². The largest absolute Gasteiger partial charge is 0.339 e. The molecule has 8 nitrogen and oxygen atoms in total. The molecule has 32 heavy (non-hydrogen) atoms. The molecule has 0 saturated carbocycles. The second kappa shape index (κ2) is 9.74. The van der Waals surface area contributed by atoms with Crippen molar-refractivity contribution in [2.75, 3.05) is 31.9 Å². The van der Waals surface area contributed by atoms with Crippen LogP contribution < -0.4 is 0 Å². The smallest absolute Gasteiger partial charge is 0.243 e. The number of aromatic nitrogens is 3. The van der Waals surface area contributed by atoms with Gasteiger partial charge < -0.3 is 9.47 Å². The summed E-state index contributed by atoms with van der Waals surface area (Å²) in [6, 6.07) is 10.8. The second-order valence-electron chi connectivity index (χ2n) is 7.41. The summed E-state index contributed by atoms with van der Waals surface area (Å²) < 4.78 is 29.2. The maximum atomic E-state index is 12.9. The van der Waals surface area contributed by atoms with Crippen LogP contribution in [0.25, 0.3) is 10.7 Å². The lowest BCUT2D eigenvalue weighted by molar-refractivity contribution is -0.129. The molecule has 170 valence electrons. The Bertz CT molecular complexity index is 1170. The van der Waals surface area contributed by atoms with Crippen molar-refractivity contribution >= 4 is 39.0 Å². The summed E-state index contributed by atoms with van der Waals surface area (Å²) in [6.07, 6.45) is 0. The van der Waals surface area contributed by atoms with Crippen molar-refractivity contribution in [2.24, 2.45) is 0 Å². The van der Waals surface area contributed by atoms with Gasteiger partial charge in [0.2, 0.25) is 15.9 Å². The molecule has 1 amide bonds. The average molecular weight is 492 g/mol. The highest BCUT2D eigenvalue weighted by Crippen LogP contribution is 2.27. The molecular weight excluding hydrogens is 466 g/mol. The van der Waals surface area contributed by atoms with Gasteiger partial charge in [-0.2, -0.15) is 4.31 Å². The predicted octanol–water partition coefficient (Wildman–Crippen LogP) is 2.96. The number of amides is 1. The highest BCUT2D eigenvalue weighted by molar-refractivity contribution is 7.99. The SMILES string of the molecule is CCn1c(SCC(=O)N2CCN(S(=O)(=O)c3ccc(C)cc3)CC2)nnc1-c1cccs1. The van der Waals surface area contributed by atoms with Crippen LogP contribution >= 0.6 is 23.1 Å². The monoisotopic (exact) mass is 491 g/mol. The van der Waals surface area contributed by atoms with Crippen molar-refractivity contribution in [3.05, 3.63) is 47.3 Å². The molecule has 0 atom stereocenters. The number of thiophene rings is 1. The molecule has 11 heteroatoms. The minimum atomic E-state index is -3.54.